The van der Waals surface area contributed by atoms with Gasteiger partial charge in [0.1, 0.15) is 0 Å². The molecule has 2 heteroatoms. The Hall–Kier alpha value is -1.67. The van der Waals surface area contributed by atoms with Gasteiger partial charge in [0.2, 0.25) is 0 Å². The van der Waals surface area contributed by atoms with Crippen LogP contribution in [0, 0.1) is 13.8 Å². The third kappa shape index (κ3) is 2.92. The zero-order valence-electron chi connectivity index (χ0n) is 10.4. The van der Waals surface area contributed by atoms with E-state index in [4.69, 9.17) is 5.73 Å². The smallest absolute Gasteiger partial charge is 0.0420 e. The summed E-state index contributed by atoms with van der Waals surface area (Å²) < 4.78 is 0. The molecule has 0 aliphatic rings. The van der Waals surface area contributed by atoms with Crippen LogP contribution in [0.15, 0.2) is 42.6 Å². The summed E-state index contributed by atoms with van der Waals surface area (Å²) in [7, 11) is 0. The highest BCUT2D eigenvalue weighted by Gasteiger charge is 2.09. The first-order valence-corrected chi connectivity index (χ1v) is 5.89. The lowest BCUT2D eigenvalue weighted by Gasteiger charge is -2.14. The molecule has 0 spiro atoms. The van der Waals surface area contributed by atoms with Gasteiger partial charge in [-0.25, -0.2) is 0 Å². The Labute approximate surface area is 103 Å². The summed E-state index contributed by atoms with van der Waals surface area (Å²) in [4.78, 5) is 4.28. The van der Waals surface area contributed by atoms with Crippen molar-refractivity contribution in [2.24, 2.45) is 5.73 Å². The van der Waals surface area contributed by atoms with Gasteiger partial charge in [0.05, 0.1) is 0 Å². The minimum atomic E-state index is 0.0190. The maximum atomic E-state index is 6.24. The van der Waals surface area contributed by atoms with Crippen molar-refractivity contribution in [3.63, 3.8) is 0 Å². The number of nitrogens with zero attached hydrogens (tertiary/aromatic N) is 1. The number of hydrogen-bond acceptors (Lipinski definition) is 2. The normalized spacial score (nSPS) is 12.4. The number of pyridine rings is 1. The fourth-order valence-electron chi connectivity index (χ4n) is 2.09. The number of aromatic nitrogens is 1. The molecule has 1 aromatic heterocycles. The Balaban J connectivity index is 2.17. The van der Waals surface area contributed by atoms with E-state index in [2.05, 4.69) is 42.2 Å². The maximum absolute atomic E-state index is 6.24. The minimum Gasteiger partial charge on any atom is -0.324 e. The Morgan fingerprint density at radius 2 is 2.00 bits per heavy atom. The monoisotopic (exact) mass is 226 g/mol. The van der Waals surface area contributed by atoms with Crippen LogP contribution >= 0.6 is 0 Å². The number of hydrogen-bond donors (Lipinski definition) is 1. The number of benzene rings is 1. The van der Waals surface area contributed by atoms with Crippen LogP contribution in [0.5, 0.6) is 0 Å². The second-order valence-electron chi connectivity index (χ2n) is 4.48. The van der Waals surface area contributed by atoms with E-state index in [0.29, 0.717) is 0 Å². The summed E-state index contributed by atoms with van der Waals surface area (Å²) in [6, 6.07) is 12.5. The fourth-order valence-corrected chi connectivity index (χ4v) is 2.09. The fraction of sp³-hybridized carbons (Fsp3) is 0.267. The van der Waals surface area contributed by atoms with Crippen LogP contribution in [0.4, 0.5) is 0 Å². The van der Waals surface area contributed by atoms with Crippen molar-refractivity contribution in [1.29, 1.82) is 0 Å². The largest absolute Gasteiger partial charge is 0.324 e. The average molecular weight is 226 g/mol. The molecule has 2 nitrogen and oxygen atoms in total. The zero-order valence-corrected chi connectivity index (χ0v) is 10.4. The highest BCUT2D eigenvalue weighted by Crippen LogP contribution is 2.18. The average Bonchev–Trinajstić information content (AvgIpc) is 2.29. The molecular weight excluding hydrogens is 208 g/mol. The summed E-state index contributed by atoms with van der Waals surface area (Å²) in [6.45, 7) is 4.11. The first-order valence-electron chi connectivity index (χ1n) is 5.89. The molecule has 1 aromatic carbocycles. The SMILES string of the molecule is Cc1cccc(CC(N)c2cccnc2C)c1. The molecule has 1 heterocycles. The molecule has 0 saturated heterocycles. The van der Waals surface area contributed by atoms with Crippen molar-refractivity contribution in [2.45, 2.75) is 26.3 Å². The number of aryl methyl sites for hydroxylation is 2. The molecular formula is C15H18N2. The van der Waals surface area contributed by atoms with Crippen molar-refractivity contribution in [3.05, 3.63) is 65.0 Å². The molecule has 0 aliphatic heterocycles. The predicted molar refractivity (Wildman–Crippen MR) is 70.8 cm³/mol. The third-order valence-electron chi connectivity index (χ3n) is 2.99. The molecule has 1 unspecified atom stereocenters. The van der Waals surface area contributed by atoms with Gasteiger partial charge in [-0.2, -0.15) is 0 Å². The second kappa shape index (κ2) is 5.11. The Kier molecular flexibility index (Phi) is 3.55. The lowest BCUT2D eigenvalue weighted by atomic mass is 9.98. The van der Waals surface area contributed by atoms with Crippen LogP contribution in [0.1, 0.15) is 28.4 Å². The van der Waals surface area contributed by atoms with E-state index in [1.807, 2.05) is 13.0 Å². The van der Waals surface area contributed by atoms with Crippen LogP contribution in [-0.2, 0) is 6.42 Å². The maximum Gasteiger partial charge on any atom is 0.0420 e. The number of rotatable bonds is 3. The third-order valence-corrected chi connectivity index (χ3v) is 2.99. The molecule has 1 atom stereocenters. The molecule has 2 aromatic rings. The topological polar surface area (TPSA) is 38.9 Å². The van der Waals surface area contributed by atoms with Gasteiger partial charge in [-0.05, 0) is 37.5 Å². The van der Waals surface area contributed by atoms with E-state index in [1.165, 1.54) is 11.1 Å². The Morgan fingerprint density at radius 1 is 1.18 bits per heavy atom. The van der Waals surface area contributed by atoms with E-state index in [0.717, 1.165) is 17.7 Å². The summed E-state index contributed by atoms with van der Waals surface area (Å²) in [5, 5.41) is 0. The van der Waals surface area contributed by atoms with E-state index < -0.39 is 0 Å². The quantitative estimate of drug-likeness (QED) is 0.874. The van der Waals surface area contributed by atoms with E-state index in [-0.39, 0.29) is 6.04 Å². The van der Waals surface area contributed by atoms with Crippen molar-refractivity contribution in [2.75, 3.05) is 0 Å². The van der Waals surface area contributed by atoms with Gasteiger partial charge in [0.25, 0.3) is 0 Å². The highest BCUT2D eigenvalue weighted by atomic mass is 14.7. The molecule has 2 rings (SSSR count). The molecule has 0 fully saturated rings. The van der Waals surface area contributed by atoms with E-state index in [9.17, 15) is 0 Å². The van der Waals surface area contributed by atoms with Crippen molar-refractivity contribution < 1.29 is 0 Å². The van der Waals surface area contributed by atoms with Gasteiger partial charge < -0.3 is 5.73 Å². The van der Waals surface area contributed by atoms with Crippen molar-refractivity contribution >= 4 is 0 Å². The molecule has 0 aliphatic carbocycles. The molecule has 0 radical (unpaired) electrons. The van der Waals surface area contributed by atoms with Gasteiger partial charge in [0, 0.05) is 17.9 Å². The summed E-state index contributed by atoms with van der Waals surface area (Å²) >= 11 is 0. The number of nitrogens with two attached hydrogens (primary N) is 1. The van der Waals surface area contributed by atoms with Gasteiger partial charge in [-0.15, -0.1) is 0 Å². The standard InChI is InChI=1S/C15H18N2/c1-11-5-3-6-13(9-11)10-15(16)14-7-4-8-17-12(14)2/h3-9,15H,10,16H2,1-2H3. The lowest BCUT2D eigenvalue weighted by Crippen LogP contribution is -2.15. The van der Waals surface area contributed by atoms with E-state index >= 15 is 0 Å². The first kappa shape index (κ1) is 11.8. The van der Waals surface area contributed by atoms with Gasteiger partial charge in [-0.1, -0.05) is 35.9 Å². The summed E-state index contributed by atoms with van der Waals surface area (Å²) in [6.07, 6.45) is 2.66. The van der Waals surface area contributed by atoms with Gasteiger partial charge in [0.15, 0.2) is 0 Å². The lowest BCUT2D eigenvalue weighted by molar-refractivity contribution is 0.710. The molecule has 88 valence electrons. The molecule has 0 bridgehead atoms. The Bertz CT molecular complexity index is 506. The first-order chi connectivity index (χ1) is 8.16. The van der Waals surface area contributed by atoms with Gasteiger partial charge >= 0.3 is 0 Å². The molecule has 0 saturated carbocycles. The van der Waals surface area contributed by atoms with Crippen LogP contribution in [0.25, 0.3) is 0 Å². The highest BCUT2D eigenvalue weighted by molar-refractivity contribution is 5.27. The van der Waals surface area contributed by atoms with Crippen LogP contribution in [-0.4, -0.2) is 4.98 Å². The minimum absolute atomic E-state index is 0.0190. The Morgan fingerprint density at radius 3 is 2.71 bits per heavy atom. The predicted octanol–water partition coefficient (Wildman–Crippen LogP) is 2.94. The van der Waals surface area contributed by atoms with Crippen LogP contribution in [0.3, 0.4) is 0 Å². The summed E-state index contributed by atoms with van der Waals surface area (Å²) in [5.74, 6) is 0. The van der Waals surface area contributed by atoms with E-state index in [1.54, 1.807) is 6.20 Å². The molecule has 17 heavy (non-hydrogen) atoms. The van der Waals surface area contributed by atoms with Crippen LogP contribution < -0.4 is 5.73 Å². The molecule has 2 N–H and O–H groups in total. The van der Waals surface area contributed by atoms with Crippen molar-refractivity contribution in [1.82, 2.24) is 4.98 Å². The van der Waals surface area contributed by atoms with Crippen molar-refractivity contribution in [3.8, 4) is 0 Å². The second-order valence-corrected chi connectivity index (χ2v) is 4.48. The molecule has 0 amide bonds. The summed E-state index contributed by atoms with van der Waals surface area (Å²) in [5.41, 5.74) is 10.9. The zero-order chi connectivity index (χ0) is 12.3. The van der Waals surface area contributed by atoms with Gasteiger partial charge in [-0.3, -0.25) is 4.98 Å². The van der Waals surface area contributed by atoms with Crippen LogP contribution in [0.2, 0.25) is 0 Å².